The summed E-state index contributed by atoms with van der Waals surface area (Å²) in [7, 11) is 0. The number of ether oxygens (including phenoxy) is 2. The highest BCUT2D eigenvalue weighted by atomic mass is 16.6. The Morgan fingerprint density at radius 3 is 2.52 bits per heavy atom. The maximum atomic E-state index is 11.2. The second kappa shape index (κ2) is 10.8. The van der Waals surface area contributed by atoms with Crippen LogP contribution in [0.5, 0.6) is 5.75 Å². The van der Waals surface area contributed by atoms with Gasteiger partial charge in [0, 0.05) is 18.2 Å². The molecule has 1 fully saturated rings. The van der Waals surface area contributed by atoms with E-state index in [4.69, 9.17) is 9.47 Å². The number of hydrogen-bond donors (Lipinski definition) is 1. The lowest BCUT2D eigenvalue weighted by Gasteiger charge is -2.22. The first-order valence-corrected chi connectivity index (χ1v) is 10.5. The molecule has 1 saturated carbocycles. The summed E-state index contributed by atoms with van der Waals surface area (Å²) in [6.45, 7) is 3.90. The Morgan fingerprint density at radius 1 is 1.07 bits per heavy atom. The summed E-state index contributed by atoms with van der Waals surface area (Å²) < 4.78 is 10.9. The van der Waals surface area contributed by atoms with Crippen molar-refractivity contribution in [1.29, 1.82) is 0 Å². The minimum absolute atomic E-state index is 0.0891. The number of carbonyl (C=O) groups excluding carboxylic acids is 1. The predicted molar refractivity (Wildman–Crippen MR) is 115 cm³/mol. The first-order chi connectivity index (χ1) is 14.2. The molecule has 3 rings (SSSR count). The van der Waals surface area contributed by atoms with Crippen molar-refractivity contribution in [2.75, 3.05) is 19.8 Å². The minimum Gasteiger partial charge on any atom is -0.489 e. The highest BCUT2D eigenvalue weighted by molar-refractivity contribution is 5.81. The largest absolute Gasteiger partial charge is 0.489 e. The molecule has 0 spiro atoms. The number of carbonyl (C=O) groups is 1. The Bertz CT molecular complexity index is 804. The zero-order chi connectivity index (χ0) is 20.5. The SMILES string of the molecule is C=CC(=O)OCCOc1cc(CCO)ccc1-c1ccc(C2CCCCC2)cc1. The molecule has 0 unspecified atom stereocenters. The summed E-state index contributed by atoms with van der Waals surface area (Å²) in [5, 5.41) is 9.25. The van der Waals surface area contributed by atoms with Crippen LogP contribution in [0.3, 0.4) is 0 Å². The molecule has 4 heteroatoms. The molecule has 0 bridgehead atoms. The monoisotopic (exact) mass is 394 g/mol. The van der Waals surface area contributed by atoms with E-state index in [0.29, 0.717) is 12.3 Å². The second-order valence-electron chi connectivity index (χ2n) is 7.48. The van der Waals surface area contributed by atoms with E-state index in [1.54, 1.807) is 0 Å². The van der Waals surface area contributed by atoms with Gasteiger partial charge in [-0.25, -0.2) is 4.79 Å². The number of hydrogen-bond acceptors (Lipinski definition) is 4. The van der Waals surface area contributed by atoms with Crippen molar-refractivity contribution in [3.63, 3.8) is 0 Å². The zero-order valence-electron chi connectivity index (χ0n) is 16.9. The second-order valence-corrected chi connectivity index (χ2v) is 7.48. The van der Waals surface area contributed by atoms with Gasteiger partial charge in [-0.3, -0.25) is 0 Å². The Morgan fingerprint density at radius 2 is 1.83 bits per heavy atom. The van der Waals surface area contributed by atoms with Gasteiger partial charge in [0.05, 0.1) is 0 Å². The predicted octanol–water partition coefficient (Wildman–Crippen LogP) is 5.04. The van der Waals surface area contributed by atoms with Crippen LogP contribution in [0.4, 0.5) is 0 Å². The van der Waals surface area contributed by atoms with Crippen LogP contribution in [0.15, 0.2) is 55.1 Å². The quantitative estimate of drug-likeness (QED) is 0.368. The highest BCUT2D eigenvalue weighted by Crippen LogP contribution is 2.35. The summed E-state index contributed by atoms with van der Waals surface area (Å²) in [4.78, 5) is 11.2. The summed E-state index contributed by atoms with van der Waals surface area (Å²) in [6.07, 6.45) is 8.29. The number of esters is 1. The Labute approximate surface area is 173 Å². The van der Waals surface area contributed by atoms with E-state index >= 15 is 0 Å². The first kappa shape index (κ1) is 21.1. The van der Waals surface area contributed by atoms with E-state index in [1.165, 1.54) is 37.7 Å². The molecule has 0 saturated heterocycles. The van der Waals surface area contributed by atoms with Crippen molar-refractivity contribution in [3.8, 4) is 16.9 Å². The molecule has 0 heterocycles. The van der Waals surface area contributed by atoms with Crippen LogP contribution in [0.2, 0.25) is 0 Å². The van der Waals surface area contributed by atoms with Crippen LogP contribution in [-0.2, 0) is 16.0 Å². The van der Waals surface area contributed by atoms with Gasteiger partial charge >= 0.3 is 5.97 Å². The molecule has 1 N–H and O–H groups in total. The molecule has 0 radical (unpaired) electrons. The standard InChI is InChI=1S/C25H30O4/c1-2-25(27)29-17-16-28-24-18-19(14-15-26)8-13-23(24)22-11-9-21(10-12-22)20-6-4-3-5-7-20/h2,8-13,18,20,26H,1,3-7,14-17H2. The van der Waals surface area contributed by atoms with E-state index in [0.717, 1.165) is 28.5 Å². The molecule has 2 aromatic carbocycles. The molecule has 2 aromatic rings. The van der Waals surface area contributed by atoms with Gasteiger partial charge in [0.25, 0.3) is 0 Å². The molecule has 0 aliphatic heterocycles. The van der Waals surface area contributed by atoms with Gasteiger partial charge in [0.2, 0.25) is 0 Å². The Hall–Kier alpha value is -2.59. The molecular weight excluding hydrogens is 364 g/mol. The fourth-order valence-corrected chi connectivity index (χ4v) is 3.93. The number of rotatable bonds is 9. The van der Waals surface area contributed by atoms with E-state index in [1.807, 2.05) is 18.2 Å². The van der Waals surface area contributed by atoms with Gasteiger partial charge < -0.3 is 14.6 Å². The van der Waals surface area contributed by atoms with Crippen molar-refractivity contribution in [1.82, 2.24) is 0 Å². The van der Waals surface area contributed by atoms with Crippen molar-refractivity contribution in [3.05, 3.63) is 66.2 Å². The summed E-state index contributed by atoms with van der Waals surface area (Å²) in [5.41, 5.74) is 4.52. The van der Waals surface area contributed by atoms with Gasteiger partial charge in [-0.2, -0.15) is 0 Å². The minimum atomic E-state index is -0.457. The molecule has 29 heavy (non-hydrogen) atoms. The molecule has 0 atom stereocenters. The van der Waals surface area contributed by atoms with E-state index < -0.39 is 5.97 Å². The van der Waals surface area contributed by atoms with E-state index in [-0.39, 0.29) is 19.8 Å². The molecule has 0 aromatic heterocycles. The molecular formula is C25H30O4. The third-order valence-electron chi connectivity index (χ3n) is 5.50. The summed E-state index contributed by atoms with van der Waals surface area (Å²) >= 11 is 0. The number of benzene rings is 2. The van der Waals surface area contributed by atoms with Crippen LogP contribution in [0, 0.1) is 0 Å². The van der Waals surface area contributed by atoms with Gasteiger partial charge in [-0.05, 0) is 47.9 Å². The lowest BCUT2D eigenvalue weighted by Crippen LogP contribution is -2.10. The fourth-order valence-electron chi connectivity index (χ4n) is 3.93. The average molecular weight is 395 g/mol. The summed E-state index contributed by atoms with van der Waals surface area (Å²) in [5.74, 6) is 0.956. The average Bonchev–Trinajstić information content (AvgIpc) is 2.78. The fraction of sp³-hybridized carbons (Fsp3) is 0.400. The van der Waals surface area contributed by atoms with Crippen LogP contribution in [0.1, 0.15) is 49.1 Å². The topological polar surface area (TPSA) is 55.8 Å². The first-order valence-electron chi connectivity index (χ1n) is 10.5. The molecule has 1 aliphatic carbocycles. The number of aliphatic hydroxyl groups excluding tert-OH is 1. The summed E-state index contributed by atoms with van der Waals surface area (Å²) in [6, 6.07) is 14.8. The third kappa shape index (κ3) is 5.94. The van der Waals surface area contributed by atoms with Crippen LogP contribution < -0.4 is 4.74 Å². The highest BCUT2D eigenvalue weighted by Gasteiger charge is 2.16. The van der Waals surface area contributed by atoms with Crippen LogP contribution >= 0.6 is 0 Å². The maximum Gasteiger partial charge on any atom is 0.330 e. The van der Waals surface area contributed by atoms with E-state index in [2.05, 4.69) is 30.8 Å². The molecule has 1 aliphatic rings. The van der Waals surface area contributed by atoms with Gasteiger partial charge in [0.1, 0.15) is 19.0 Å². The Balaban J connectivity index is 1.75. The van der Waals surface area contributed by atoms with Crippen molar-refractivity contribution in [2.45, 2.75) is 44.4 Å². The zero-order valence-corrected chi connectivity index (χ0v) is 16.9. The Kier molecular flexibility index (Phi) is 7.88. The van der Waals surface area contributed by atoms with Gasteiger partial charge in [-0.1, -0.05) is 62.2 Å². The lowest BCUT2D eigenvalue weighted by molar-refractivity contribution is -0.138. The smallest absolute Gasteiger partial charge is 0.330 e. The maximum absolute atomic E-state index is 11.2. The van der Waals surface area contributed by atoms with Crippen LogP contribution in [-0.4, -0.2) is 30.9 Å². The van der Waals surface area contributed by atoms with Crippen molar-refractivity contribution in [2.24, 2.45) is 0 Å². The molecule has 0 amide bonds. The van der Waals surface area contributed by atoms with E-state index in [9.17, 15) is 9.90 Å². The third-order valence-corrected chi connectivity index (χ3v) is 5.50. The molecule has 154 valence electrons. The normalized spacial score (nSPS) is 14.4. The molecule has 4 nitrogen and oxygen atoms in total. The van der Waals surface area contributed by atoms with Crippen molar-refractivity contribution >= 4 is 5.97 Å². The van der Waals surface area contributed by atoms with Gasteiger partial charge in [0.15, 0.2) is 0 Å². The van der Waals surface area contributed by atoms with Gasteiger partial charge in [-0.15, -0.1) is 0 Å². The number of aliphatic hydroxyl groups is 1. The lowest BCUT2D eigenvalue weighted by atomic mass is 9.83. The van der Waals surface area contributed by atoms with Crippen molar-refractivity contribution < 1.29 is 19.4 Å². The van der Waals surface area contributed by atoms with Crippen LogP contribution in [0.25, 0.3) is 11.1 Å².